The first-order valence-corrected chi connectivity index (χ1v) is 10.7. The molecule has 0 spiro atoms. The number of hydrogen-bond acceptors (Lipinski definition) is 5. The van der Waals surface area contributed by atoms with Crippen molar-refractivity contribution >= 4 is 23.4 Å². The van der Waals surface area contributed by atoms with Gasteiger partial charge < -0.3 is 25.2 Å². The van der Waals surface area contributed by atoms with Crippen LogP contribution < -0.4 is 20.3 Å². The van der Waals surface area contributed by atoms with Gasteiger partial charge in [-0.25, -0.2) is 0 Å². The standard InChI is InChI=1S/C24H30N4O4/c1-18(29)26-22(19-8-10-21(32-2)11-9-19)16-23(30)25-17-24(31)28-14-12-27(13-15-28)20-6-4-3-5-7-20/h3-11,22H,12-17H2,1-2H3,(H,25,30)(H,26,29). The summed E-state index contributed by atoms with van der Waals surface area (Å²) in [4.78, 5) is 40.7. The minimum Gasteiger partial charge on any atom is -0.497 e. The first-order valence-electron chi connectivity index (χ1n) is 10.7. The Morgan fingerprint density at radius 2 is 1.62 bits per heavy atom. The number of para-hydroxylation sites is 1. The minimum atomic E-state index is -0.483. The van der Waals surface area contributed by atoms with Crippen LogP contribution in [0.2, 0.25) is 0 Å². The lowest BCUT2D eigenvalue weighted by Gasteiger charge is -2.36. The Morgan fingerprint density at radius 1 is 0.969 bits per heavy atom. The number of amides is 3. The van der Waals surface area contributed by atoms with Crippen LogP contribution in [0.15, 0.2) is 54.6 Å². The van der Waals surface area contributed by atoms with Crippen molar-refractivity contribution in [2.75, 3.05) is 44.7 Å². The van der Waals surface area contributed by atoms with Gasteiger partial charge in [0.05, 0.1) is 26.1 Å². The van der Waals surface area contributed by atoms with Crippen molar-refractivity contribution in [3.05, 3.63) is 60.2 Å². The van der Waals surface area contributed by atoms with Crippen molar-refractivity contribution < 1.29 is 19.1 Å². The molecule has 1 aliphatic heterocycles. The van der Waals surface area contributed by atoms with E-state index in [4.69, 9.17) is 4.74 Å². The average molecular weight is 439 g/mol. The number of piperazine rings is 1. The van der Waals surface area contributed by atoms with Gasteiger partial charge in [0, 0.05) is 38.8 Å². The molecule has 170 valence electrons. The molecule has 1 atom stereocenters. The number of nitrogens with zero attached hydrogens (tertiary/aromatic N) is 2. The van der Waals surface area contributed by atoms with E-state index in [1.165, 1.54) is 6.92 Å². The number of anilines is 1. The topological polar surface area (TPSA) is 91.0 Å². The minimum absolute atomic E-state index is 0.0426. The van der Waals surface area contributed by atoms with Crippen LogP contribution in [0, 0.1) is 0 Å². The summed E-state index contributed by atoms with van der Waals surface area (Å²) < 4.78 is 5.15. The van der Waals surface area contributed by atoms with Crippen molar-refractivity contribution in [2.24, 2.45) is 0 Å². The fraction of sp³-hybridized carbons (Fsp3) is 0.375. The second-order valence-electron chi connectivity index (χ2n) is 7.71. The molecular formula is C24H30N4O4. The predicted molar refractivity (Wildman–Crippen MR) is 122 cm³/mol. The van der Waals surface area contributed by atoms with E-state index in [0.717, 1.165) is 24.3 Å². The molecule has 32 heavy (non-hydrogen) atoms. The van der Waals surface area contributed by atoms with Gasteiger partial charge in [0.25, 0.3) is 0 Å². The summed E-state index contributed by atoms with van der Waals surface area (Å²) in [7, 11) is 1.58. The van der Waals surface area contributed by atoms with Gasteiger partial charge >= 0.3 is 0 Å². The average Bonchev–Trinajstić information content (AvgIpc) is 2.82. The molecule has 3 rings (SSSR count). The Balaban J connectivity index is 1.48. The second-order valence-corrected chi connectivity index (χ2v) is 7.71. The van der Waals surface area contributed by atoms with Crippen LogP contribution in [0.4, 0.5) is 5.69 Å². The fourth-order valence-corrected chi connectivity index (χ4v) is 3.73. The van der Waals surface area contributed by atoms with Gasteiger partial charge in [-0.15, -0.1) is 0 Å². The molecule has 0 bridgehead atoms. The molecule has 1 unspecified atom stereocenters. The van der Waals surface area contributed by atoms with Gasteiger partial charge in [-0.3, -0.25) is 14.4 Å². The Kier molecular flexibility index (Phi) is 8.08. The maximum absolute atomic E-state index is 12.6. The maximum Gasteiger partial charge on any atom is 0.242 e. The zero-order valence-electron chi connectivity index (χ0n) is 18.5. The number of ether oxygens (including phenoxy) is 1. The molecule has 0 aliphatic carbocycles. The highest BCUT2D eigenvalue weighted by atomic mass is 16.5. The molecule has 2 aromatic carbocycles. The third-order valence-electron chi connectivity index (χ3n) is 5.48. The van der Waals surface area contributed by atoms with Crippen LogP contribution in [-0.4, -0.2) is 62.5 Å². The number of benzene rings is 2. The van der Waals surface area contributed by atoms with Crippen molar-refractivity contribution in [3.63, 3.8) is 0 Å². The molecule has 1 aliphatic rings. The van der Waals surface area contributed by atoms with Crippen LogP contribution in [0.5, 0.6) is 5.75 Å². The van der Waals surface area contributed by atoms with Gasteiger partial charge in [0.2, 0.25) is 17.7 Å². The summed E-state index contributed by atoms with van der Waals surface area (Å²) in [5, 5.41) is 5.49. The van der Waals surface area contributed by atoms with E-state index < -0.39 is 6.04 Å². The van der Waals surface area contributed by atoms with E-state index in [0.29, 0.717) is 18.8 Å². The van der Waals surface area contributed by atoms with E-state index in [2.05, 4.69) is 27.7 Å². The highest BCUT2D eigenvalue weighted by Gasteiger charge is 2.22. The summed E-state index contributed by atoms with van der Waals surface area (Å²) >= 11 is 0. The summed E-state index contributed by atoms with van der Waals surface area (Å²) in [6.07, 6.45) is 0.0426. The fourth-order valence-electron chi connectivity index (χ4n) is 3.73. The van der Waals surface area contributed by atoms with Crippen LogP contribution in [0.1, 0.15) is 24.9 Å². The molecule has 0 radical (unpaired) electrons. The lowest BCUT2D eigenvalue weighted by atomic mass is 10.0. The Labute approximate surface area is 188 Å². The van der Waals surface area contributed by atoms with Crippen molar-refractivity contribution in [3.8, 4) is 5.75 Å². The molecule has 1 saturated heterocycles. The number of carbonyl (C=O) groups is 3. The Hall–Kier alpha value is -3.55. The molecule has 1 fully saturated rings. The third kappa shape index (κ3) is 6.47. The van der Waals surface area contributed by atoms with Crippen molar-refractivity contribution in [2.45, 2.75) is 19.4 Å². The summed E-state index contributed by atoms with van der Waals surface area (Å²) in [5.74, 6) is 0.0612. The molecule has 0 aromatic heterocycles. The molecule has 8 heteroatoms. The van der Waals surface area contributed by atoms with E-state index >= 15 is 0 Å². The quantitative estimate of drug-likeness (QED) is 0.655. The van der Waals surface area contributed by atoms with Gasteiger partial charge in [-0.1, -0.05) is 30.3 Å². The van der Waals surface area contributed by atoms with E-state index in [1.54, 1.807) is 24.1 Å². The summed E-state index contributed by atoms with van der Waals surface area (Å²) in [6.45, 7) is 4.10. The molecular weight excluding hydrogens is 408 g/mol. The summed E-state index contributed by atoms with van der Waals surface area (Å²) in [6, 6.07) is 16.8. The molecule has 2 aromatic rings. The molecule has 0 saturated carbocycles. The zero-order chi connectivity index (χ0) is 22.9. The molecule has 8 nitrogen and oxygen atoms in total. The molecule has 2 N–H and O–H groups in total. The maximum atomic E-state index is 12.6. The Morgan fingerprint density at radius 3 is 2.22 bits per heavy atom. The normalized spacial score (nSPS) is 14.4. The van der Waals surface area contributed by atoms with Crippen molar-refractivity contribution in [1.82, 2.24) is 15.5 Å². The number of hydrogen-bond donors (Lipinski definition) is 2. The van der Waals surface area contributed by atoms with Crippen molar-refractivity contribution in [1.29, 1.82) is 0 Å². The van der Waals surface area contributed by atoms with Gasteiger partial charge in [-0.05, 0) is 29.8 Å². The van der Waals surface area contributed by atoms with Crippen LogP contribution in [-0.2, 0) is 14.4 Å². The lowest BCUT2D eigenvalue weighted by Crippen LogP contribution is -2.51. The monoisotopic (exact) mass is 438 g/mol. The van der Waals surface area contributed by atoms with Crippen LogP contribution in [0.3, 0.4) is 0 Å². The first-order chi connectivity index (χ1) is 15.5. The first kappa shape index (κ1) is 23.1. The van der Waals surface area contributed by atoms with E-state index in [-0.39, 0.29) is 30.7 Å². The smallest absolute Gasteiger partial charge is 0.242 e. The third-order valence-corrected chi connectivity index (χ3v) is 5.48. The van der Waals surface area contributed by atoms with Gasteiger partial charge in [0.15, 0.2) is 0 Å². The number of methoxy groups -OCH3 is 1. The SMILES string of the molecule is COc1ccc(C(CC(=O)NCC(=O)N2CCN(c3ccccc3)CC2)NC(C)=O)cc1. The van der Waals surface area contributed by atoms with Gasteiger partial charge in [0.1, 0.15) is 5.75 Å². The lowest BCUT2D eigenvalue weighted by molar-refractivity contribution is -0.133. The highest BCUT2D eigenvalue weighted by Crippen LogP contribution is 2.20. The Bertz CT molecular complexity index is 909. The molecule has 3 amide bonds. The van der Waals surface area contributed by atoms with E-state index in [1.807, 2.05) is 30.3 Å². The van der Waals surface area contributed by atoms with Gasteiger partial charge in [-0.2, -0.15) is 0 Å². The number of carbonyl (C=O) groups excluding carboxylic acids is 3. The predicted octanol–water partition coefficient (Wildman–Crippen LogP) is 1.73. The zero-order valence-corrected chi connectivity index (χ0v) is 18.5. The highest BCUT2D eigenvalue weighted by molar-refractivity contribution is 5.85. The van der Waals surface area contributed by atoms with E-state index in [9.17, 15) is 14.4 Å². The second kappa shape index (κ2) is 11.2. The summed E-state index contributed by atoms with van der Waals surface area (Å²) in [5.41, 5.74) is 1.94. The van der Waals surface area contributed by atoms with Crippen LogP contribution >= 0.6 is 0 Å². The van der Waals surface area contributed by atoms with Crippen LogP contribution in [0.25, 0.3) is 0 Å². The number of rotatable bonds is 8. The largest absolute Gasteiger partial charge is 0.497 e. The number of nitrogens with one attached hydrogen (secondary N) is 2. The molecule has 1 heterocycles.